The summed E-state index contributed by atoms with van der Waals surface area (Å²) in [5.41, 5.74) is 4.03. The van der Waals surface area contributed by atoms with Gasteiger partial charge in [-0.25, -0.2) is 9.79 Å². The van der Waals surface area contributed by atoms with E-state index in [0.29, 0.717) is 17.9 Å². The van der Waals surface area contributed by atoms with E-state index >= 15 is 0 Å². The zero-order chi connectivity index (χ0) is 20.9. The van der Waals surface area contributed by atoms with Crippen molar-refractivity contribution in [3.8, 4) is 11.5 Å². The number of benzene rings is 3. The number of esters is 1. The fourth-order valence-electron chi connectivity index (χ4n) is 3.13. The van der Waals surface area contributed by atoms with Crippen LogP contribution >= 0.6 is 0 Å². The molecule has 0 atom stereocenters. The van der Waals surface area contributed by atoms with Gasteiger partial charge in [0.25, 0.3) is 0 Å². The Kier molecular flexibility index (Phi) is 5.61. The number of cyclic esters (lactones) is 1. The van der Waals surface area contributed by atoms with Gasteiger partial charge in [-0.1, -0.05) is 54.1 Å². The van der Waals surface area contributed by atoms with Gasteiger partial charge in [-0.2, -0.15) is 0 Å². The molecule has 0 saturated heterocycles. The smallest absolute Gasteiger partial charge is 0.363 e. The normalized spacial score (nSPS) is 14.4. The van der Waals surface area contributed by atoms with Crippen LogP contribution in [0.15, 0.2) is 83.5 Å². The Morgan fingerprint density at radius 3 is 2.57 bits per heavy atom. The molecule has 0 unspecified atom stereocenters. The third kappa shape index (κ3) is 4.41. The highest BCUT2D eigenvalue weighted by Gasteiger charge is 2.26. The topological polar surface area (TPSA) is 57.1 Å². The summed E-state index contributed by atoms with van der Waals surface area (Å²) < 4.78 is 16.5. The monoisotopic (exact) mass is 399 g/mol. The summed E-state index contributed by atoms with van der Waals surface area (Å²) in [6, 6.07) is 23.0. The lowest BCUT2D eigenvalue weighted by molar-refractivity contribution is -0.129. The Bertz CT molecular complexity index is 1130. The predicted molar refractivity (Wildman–Crippen MR) is 116 cm³/mol. The Balaban J connectivity index is 1.47. The van der Waals surface area contributed by atoms with E-state index in [4.69, 9.17) is 14.2 Å². The average Bonchev–Trinajstić information content (AvgIpc) is 3.13. The van der Waals surface area contributed by atoms with Crippen LogP contribution in [0, 0.1) is 6.92 Å². The minimum absolute atomic E-state index is 0.238. The average molecular weight is 399 g/mol. The van der Waals surface area contributed by atoms with Gasteiger partial charge in [0.2, 0.25) is 5.90 Å². The first-order valence-corrected chi connectivity index (χ1v) is 9.57. The van der Waals surface area contributed by atoms with E-state index in [1.54, 1.807) is 25.3 Å². The van der Waals surface area contributed by atoms with Gasteiger partial charge in [0.05, 0.1) is 12.7 Å². The number of carbonyl (C=O) groups is 1. The molecule has 5 nitrogen and oxygen atoms in total. The second kappa shape index (κ2) is 8.66. The Morgan fingerprint density at radius 1 is 1.00 bits per heavy atom. The van der Waals surface area contributed by atoms with Crippen LogP contribution in [0.25, 0.3) is 6.08 Å². The number of carbonyl (C=O) groups excluding carboxylic acids is 1. The number of ether oxygens (including phenoxy) is 3. The zero-order valence-electron chi connectivity index (χ0n) is 16.8. The molecule has 0 aromatic heterocycles. The van der Waals surface area contributed by atoms with Crippen molar-refractivity contribution in [3.63, 3.8) is 0 Å². The summed E-state index contributed by atoms with van der Waals surface area (Å²) in [5.74, 6) is 1.10. The lowest BCUT2D eigenvalue weighted by atomic mass is 10.1. The second-order valence-electron chi connectivity index (χ2n) is 6.88. The predicted octanol–water partition coefficient (Wildman–Crippen LogP) is 4.93. The van der Waals surface area contributed by atoms with Gasteiger partial charge in [0, 0.05) is 0 Å². The standard InChI is InChI=1S/C25H21NO4/c1-17-6-5-7-19(14-17)16-29-20-12-10-18(11-13-20)15-22-25(27)30-24(26-22)21-8-3-4-9-23(21)28-2/h3-15H,16H2,1-2H3/b22-15-. The molecular formula is C25H21NO4. The van der Waals surface area contributed by atoms with Crippen LogP contribution in [-0.4, -0.2) is 19.0 Å². The van der Waals surface area contributed by atoms with E-state index in [2.05, 4.69) is 24.0 Å². The summed E-state index contributed by atoms with van der Waals surface area (Å²) in [7, 11) is 1.56. The van der Waals surface area contributed by atoms with Crippen molar-refractivity contribution in [3.05, 3.63) is 101 Å². The minimum Gasteiger partial charge on any atom is -0.496 e. The Morgan fingerprint density at radius 2 is 1.80 bits per heavy atom. The van der Waals surface area contributed by atoms with Gasteiger partial charge >= 0.3 is 5.97 Å². The summed E-state index contributed by atoms with van der Waals surface area (Å²) in [5, 5.41) is 0. The molecule has 3 aromatic rings. The number of hydrogen-bond donors (Lipinski definition) is 0. The van der Waals surface area contributed by atoms with Crippen LogP contribution in [0.2, 0.25) is 0 Å². The quantitative estimate of drug-likeness (QED) is 0.436. The van der Waals surface area contributed by atoms with Crippen molar-refractivity contribution in [1.29, 1.82) is 0 Å². The molecule has 0 bridgehead atoms. The van der Waals surface area contributed by atoms with E-state index in [1.807, 2.05) is 48.5 Å². The fraction of sp³-hybridized carbons (Fsp3) is 0.120. The molecule has 1 aliphatic heterocycles. The molecule has 1 heterocycles. The van der Waals surface area contributed by atoms with Gasteiger partial charge < -0.3 is 14.2 Å². The number of methoxy groups -OCH3 is 1. The highest BCUT2D eigenvalue weighted by molar-refractivity contribution is 6.13. The number of aliphatic imine (C=N–C) groups is 1. The van der Waals surface area contributed by atoms with Gasteiger partial charge in [-0.05, 0) is 48.4 Å². The maximum Gasteiger partial charge on any atom is 0.363 e. The van der Waals surface area contributed by atoms with Crippen molar-refractivity contribution in [2.45, 2.75) is 13.5 Å². The summed E-state index contributed by atoms with van der Waals surface area (Å²) in [4.78, 5) is 16.6. The molecule has 0 N–H and O–H groups in total. The molecule has 4 rings (SSSR count). The molecule has 5 heteroatoms. The van der Waals surface area contributed by atoms with E-state index in [0.717, 1.165) is 16.9 Å². The van der Waals surface area contributed by atoms with E-state index < -0.39 is 5.97 Å². The molecule has 1 aliphatic rings. The third-order valence-corrected chi connectivity index (χ3v) is 4.63. The molecule has 150 valence electrons. The first-order valence-electron chi connectivity index (χ1n) is 9.57. The fourth-order valence-corrected chi connectivity index (χ4v) is 3.13. The number of para-hydroxylation sites is 1. The van der Waals surface area contributed by atoms with Crippen molar-refractivity contribution < 1.29 is 19.0 Å². The maximum absolute atomic E-state index is 12.2. The summed E-state index contributed by atoms with van der Waals surface area (Å²) >= 11 is 0. The van der Waals surface area contributed by atoms with Crippen LogP contribution in [0.1, 0.15) is 22.3 Å². The molecule has 0 aliphatic carbocycles. The molecule has 0 amide bonds. The third-order valence-electron chi connectivity index (χ3n) is 4.63. The lowest BCUT2D eigenvalue weighted by Crippen LogP contribution is -2.06. The molecule has 0 saturated carbocycles. The number of nitrogens with zero attached hydrogens (tertiary/aromatic N) is 1. The van der Waals surface area contributed by atoms with Gasteiger partial charge in [0.15, 0.2) is 5.70 Å². The minimum atomic E-state index is -0.490. The molecule has 3 aromatic carbocycles. The van der Waals surface area contributed by atoms with Crippen LogP contribution in [0.3, 0.4) is 0 Å². The van der Waals surface area contributed by atoms with Crippen LogP contribution in [0.4, 0.5) is 0 Å². The van der Waals surface area contributed by atoms with E-state index in [9.17, 15) is 4.79 Å². The van der Waals surface area contributed by atoms with Gasteiger partial charge in [0.1, 0.15) is 18.1 Å². The lowest BCUT2D eigenvalue weighted by Gasteiger charge is -2.07. The first-order chi connectivity index (χ1) is 14.6. The van der Waals surface area contributed by atoms with Crippen LogP contribution in [-0.2, 0) is 16.1 Å². The molecule has 0 radical (unpaired) electrons. The first kappa shape index (κ1) is 19.5. The van der Waals surface area contributed by atoms with E-state index in [-0.39, 0.29) is 11.6 Å². The molecule has 0 fully saturated rings. The molecule has 30 heavy (non-hydrogen) atoms. The zero-order valence-corrected chi connectivity index (χ0v) is 16.8. The van der Waals surface area contributed by atoms with Crippen LogP contribution in [0.5, 0.6) is 11.5 Å². The van der Waals surface area contributed by atoms with Crippen molar-refractivity contribution in [1.82, 2.24) is 0 Å². The second-order valence-corrected chi connectivity index (χ2v) is 6.88. The van der Waals surface area contributed by atoms with Gasteiger partial charge in [-0.15, -0.1) is 0 Å². The largest absolute Gasteiger partial charge is 0.496 e. The van der Waals surface area contributed by atoms with Crippen molar-refractivity contribution in [2.24, 2.45) is 4.99 Å². The highest BCUT2D eigenvalue weighted by atomic mass is 16.6. The SMILES string of the molecule is COc1ccccc1C1=N/C(=C\c2ccc(OCc3cccc(C)c3)cc2)C(=O)O1. The summed E-state index contributed by atoms with van der Waals surface area (Å²) in [6.07, 6.45) is 1.69. The van der Waals surface area contributed by atoms with Crippen molar-refractivity contribution >= 4 is 17.9 Å². The van der Waals surface area contributed by atoms with Crippen molar-refractivity contribution in [2.75, 3.05) is 7.11 Å². The molecule has 0 spiro atoms. The summed E-state index contributed by atoms with van der Waals surface area (Å²) in [6.45, 7) is 2.56. The van der Waals surface area contributed by atoms with E-state index in [1.165, 1.54) is 5.56 Å². The number of rotatable bonds is 6. The highest BCUT2D eigenvalue weighted by Crippen LogP contribution is 2.25. The van der Waals surface area contributed by atoms with Crippen LogP contribution < -0.4 is 9.47 Å². The Hall–Kier alpha value is -3.86. The Labute approximate surface area is 175 Å². The maximum atomic E-state index is 12.2. The molecular weight excluding hydrogens is 378 g/mol. The number of hydrogen-bond acceptors (Lipinski definition) is 5. The number of aryl methyl sites for hydroxylation is 1. The van der Waals surface area contributed by atoms with Gasteiger partial charge in [-0.3, -0.25) is 0 Å².